The molecule has 2 aromatic carbocycles. The number of nitrogens with two attached hydrogens (primary N) is 1. The van der Waals surface area contributed by atoms with Crippen LogP contribution in [-0.4, -0.2) is 16.6 Å². The van der Waals surface area contributed by atoms with Crippen LogP contribution in [0.2, 0.25) is 0 Å². The summed E-state index contributed by atoms with van der Waals surface area (Å²) in [6.07, 6.45) is 0.765. The van der Waals surface area contributed by atoms with E-state index in [4.69, 9.17) is 5.73 Å². The highest BCUT2D eigenvalue weighted by Crippen LogP contribution is 2.52. The molecule has 2 aromatic rings. The second kappa shape index (κ2) is 5.26. The van der Waals surface area contributed by atoms with E-state index < -0.39 is 0 Å². The maximum absolute atomic E-state index is 12.3. The molecular weight excluding hydrogens is 300 g/mol. The van der Waals surface area contributed by atoms with Crippen LogP contribution in [0.15, 0.2) is 42.5 Å². The summed E-state index contributed by atoms with van der Waals surface area (Å²) >= 11 is 0. The Hall–Kier alpha value is -2.49. The van der Waals surface area contributed by atoms with Crippen molar-refractivity contribution < 1.29 is 9.90 Å². The van der Waals surface area contributed by atoms with Gasteiger partial charge in [0.2, 0.25) is 5.91 Å². The Morgan fingerprint density at radius 2 is 1.79 bits per heavy atom. The van der Waals surface area contributed by atoms with Gasteiger partial charge in [-0.1, -0.05) is 37.3 Å². The van der Waals surface area contributed by atoms with Gasteiger partial charge in [-0.3, -0.25) is 4.79 Å². The van der Waals surface area contributed by atoms with Crippen LogP contribution in [0.25, 0.3) is 0 Å². The van der Waals surface area contributed by atoms with Gasteiger partial charge in [-0.25, -0.2) is 0 Å². The third kappa shape index (κ3) is 2.33. The standard InChI is InChI=1S/C20H24N2O2/c1-13(23)22-17-11-18(24)16(21)10-15(17)20(4,12-19(22,2)3)14-8-6-5-7-9-14/h5-11,24H,12,21H2,1-4H3. The Bertz CT molecular complexity index is 799. The maximum Gasteiger partial charge on any atom is 0.224 e. The van der Waals surface area contributed by atoms with Crippen LogP contribution in [0.4, 0.5) is 11.4 Å². The van der Waals surface area contributed by atoms with Gasteiger partial charge in [-0.05, 0) is 37.5 Å². The van der Waals surface area contributed by atoms with Crippen LogP contribution in [-0.2, 0) is 10.2 Å². The lowest BCUT2D eigenvalue weighted by Crippen LogP contribution is -2.55. The lowest BCUT2D eigenvalue weighted by atomic mass is 9.65. The molecule has 126 valence electrons. The van der Waals surface area contributed by atoms with E-state index in [0.717, 1.165) is 17.7 Å². The van der Waals surface area contributed by atoms with Crippen molar-refractivity contribution in [2.45, 2.75) is 45.1 Å². The van der Waals surface area contributed by atoms with Crippen LogP contribution in [0.5, 0.6) is 5.75 Å². The summed E-state index contributed by atoms with van der Waals surface area (Å²) in [4.78, 5) is 14.1. The number of fused-ring (bicyclic) bond motifs is 1. The van der Waals surface area contributed by atoms with Crippen molar-refractivity contribution in [3.63, 3.8) is 0 Å². The van der Waals surface area contributed by atoms with Gasteiger partial charge in [-0.2, -0.15) is 0 Å². The summed E-state index contributed by atoms with van der Waals surface area (Å²) < 4.78 is 0. The Morgan fingerprint density at radius 1 is 1.17 bits per heavy atom. The molecule has 0 aromatic heterocycles. The number of nitrogen functional groups attached to an aromatic ring is 1. The fourth-order valence-corrected chi connectivity index (χ4v) is 4.25. The van der Waals surface area contributed by atoms with Crippen molar-refractivity contribution >= 4 is 17.3 Å². The first-order valence-electron chi connectivity index (χ1n) is 8.16. The Morgan fingerprint density at radius 3 is 2.38 bits per heavy atom. The first-order chi connectivity index (χ1) is 11.2. The smallest absolute Gasteiger partial charge is 0.224 e. The Kier molecular flexibility index (Phi) is 3.59. The zero-order chi connectivity index (χ0) is 17.7. The fourth-order valence-electron chi connectivity index (χ4n) is 4.25. The number of nitrogens with zero attached hydrogens (tertiary/aromatic N) is 1. The molecule has 0 aliphatic carbocycles. The van der Waals surface area contributed by atoms with Gasteiger partial charge in [0.05, 0.1) is 11.4 Å². The van der Waals surface area contributed by atoms with Gasteiger partial charge in [0.25, 0.3) is 0 Å². The van der Waals surface area contributed by atoms with E-state index in [1.807, 2.05) is 24.3 Å². The molecule has 0 saturated carbocycles. The van der Waals surface area contributed by atoms with Crippen molar-refractivity contribution in [3.05, 3.63) is 53.6 Å². The quantitative estimate of drug-likeness (QED) is 0.619. The summed E-state index contributed by atoms with van der Waals surface area (Å²) in [6, 6.07) is 13.7. The van der Waals surface area contributed by atoms with Crippen molar-refractivity contribution in [1.29, 1.82) is 0 Å². The van der Waals surface area contributed by atoms with Crippen molar-refractivity contribution in [1.82, 2.24) is 0 Å². The number of phenols is 1. The first kappa shape index (κ1) is 16.4. The number of rotatable bonds is 1. The number of aromatic hydroxyl groups is 1. The number of anilines is 2. The molecule has 3 N–H and O–H groups in total. The molecule has 1 unspecified atom stereocenters. The zero-order valence-corrected chi connectivity index (χ0v) is 14.6. The zero-order valence-electron chi connectivity index (χ0n) is 14.6. The van der Waals surface area contributed by atoms with Crippen molar-refractivity contribution in [2.75, 3.05) is 10.6 Å². The Labute approximate surface area is 142 Å². The third-order valence-corrected chi connectivity index (χ3v) is 5.10. The molecular formula is C20H24N2O2. The van der Waals surface area contributed by atoms with Gasteiger partial charge >= 0.3 is 0 Å². The molecule has 4 nitrogen and oxygen atoms in total. The van der Waals surface area contributed by atoms with E-state index >= 15 is 0 Å². The fraction of sp³-hybridized carbons (Fsp3) is 0.350. The topological polar surface area (TPSA) is 66.6 Å². The van der Waals surface area contributed by atoms with Crippen LogP contribution in [0.3, 0.4) is 0 Å². The first-order valence-corrected chi connectivity index (χ1v) is 8.16. The highest BCUT2D eigenvalue weighted by molar-refractivity contribution is 5.96. The van der Waals surface area contributed by atoms with Crippen molar-refractivity contribution in [2.24, 2.45) is 0 Å². The van der Waals surface area contributed by atoms with Crippen LogP contribution >= 0.6 is 0 Å². The highest BCUT2D eigenvalue weighted by atomic mass is 16.3. The van der Waals surface area contributed by atoms with E-state index in [-0.39, 0.29) is 22.6 Å². The van der Waals surface area contributed by atoms with Gasteiger partial charge in [-0.15, -0.1) is 0 Å². The molecule has 0 saturated heterocycles. The molecule has 1 atom stereocenters. The molecule has 1 aliphatic rings. The average Bonchev–Trinajstić information content (AvgIpc) is 2.49. The maximum atomic E-state index is 12.3. The lowest BCUT2D eigenvalue weighted by Gasteiger charge is -2.51. The van der Waals surface area contributed by atoms with Crippen LogP contribution < -0.4 is 10.6 Å². The minimum absolute atomic E-state index is 0.00751. The SMILES string of the molecule is CC(=O)N1c2cc(O)c(N)cc2C(C)(c2ccccc2)CC1(C)C. The minimum atomic E-state index is -0.383. The summed E-state index contributed by atoms with van der Waals surface area (Å²) in [5, 5.41) is 10.1. The highest BCUT2D eigenvalue weighted by Gasteiger charge is 2.47. The van der Waals surface area contributed by atoms with Crippen molar-refractivity contribution in [3.8, 4) is 5.75 Å². The van der Waals surface area contributed by atoms with E-state index in [2.05, 4.69) is 32.9 Å². The van der Waals surface area contributed by atoms with E-state index in [0.29, 0.717) is 5.69 Å². The average molecular weight is 324 g/mol. The number of hydrogen-bond donors (Lipinski definition) is 2. The molecule has 0 bridgehead atoms. The van der Waals surface area contributed by atoms with E-state index in [1.54, 1.807) is 17.9 Å². The summed E-state index contributed by atoms with van der Waals surface area (Å²) in [7, 11) is 0. The number of amides is 1. The van der Waals surface area contributed by atoms with Gasteiger partial charge in [0.15, 0.2) is 0 Å². The van der Waals surface area contributed by atoms with Gasteiger partial charge in [0.1, 0.15) is 5.75 Å². The number of carbonyl (C=O) groups is 1. The van der Waals surface area contributed by atoms with Gasteiger partial charge in [0, 0.05) is 23.9 Å². The second-order valence-electron chi connectivity index (χ2n) is 7.47. The molecule has 1 heterocycles. The van der Waals surface area contributed by atoms with Crippen LogP contribution in [0, 0.1) is 0 Å². The molecule has 0 spiro atoms. The molecule has 0 fully saturated rings. The molecule has 24 heavy (non-hydrogen) atoms. The number of phenolic OH excluding ortho intramolecular Hbond substituents is 1. The predicted molar refractivity (Wildman–Crippen MR) is 97.3 cm³/mol. The molecule has 0 radical (unpaired) electrons. The molecule has 3 rings (SSSR count). The molecule has 4 heteroatoms. The summed E-state index contributed by atoms with van der Waals surface area (Å²) in [6.45, 7) is 7.86. The Balaban J connectivity index is 2.34. The monoisotopic (exact) mass is 324 g/mol. The minimum Gasteiger partial charge on any atom is -0.506 e. The third-order valence-electron chi connectivity index (χ3n) is 5.10. The van der Waals surface area contributed by atoms with Gasteiger partial charge < -0.3 is 15.7 Å². The summed E-state index contributed by atoms with van der Waals surface area (Å²) in [5.41, 5.74) is 8.51. The predicted octanol–water partition coefficient (Wildman–Crippen LogP) is 3.82. The largest absolute Gasteiger partial charge is 0.506 e. The number of carbonyl (C=O) groups excluding carboxylic acids is 1. The number of hydrogen-bond acceptors (Lipinski definition) is 3. The molecule has 1 amide bonds. The second-order valence-corrected chi connectivity index (χ2v) is 7.47. The number of benzene rings is 2. The summed E-state index contributed by atoms with van der Waals surface area (Å²) in [5.74, 6) is -0.0337. The van der Waals surface area contributed by atoms with Crippen LogP contribution in [0.1, 0.15) is 45.2 Å². The van der Waals surface area contributed by atoms with E-state index in [1.165, 1.54) is 5.56 Å². The normalized spacial score (nSPS) is 22.1. The lowest BCUT2D eigenvalue weighted by molar-refractivity contribution is -0.117. The molecule has 1 aliphatic heterocycles. The van der Waals surface area contributed by atoms with E-state index in [9.17, 15) is 9.90 Å².